The number of halogens is 1. The first-order valence-corrected chi connectivity index (χ1v) is 8.19. The van der Waals surface area contributed by atoms with E-state index in [-0.39, 0.29) is 12.5 Å². The van der Waals surface area contributed by atoms with Crippen LogP contribution >= 0.6 is 11.6 Å². The second-order valence-corrected chi connectivity index (χ2v) is 5.85. The Labute approximate surface area is 147 Å². The van der Waals surface area contributed by atoms with Crippen LogP contribution in [0.4, 0.5) is 0 Å². The maximum absolute atomic E-state index is 11.9. The molecule has 0 atom stereocenters. The van der Waals surface area contributed by atoms with Gasteiger partial charge < -0.3 is 4.74 Å². The molecule has 1 amide bonds. The number of carbonyl (C=O) groups is 1. The van der Waals surface area contributed by atoms with Crippen molar-refractivity contribution >= 4 is 23.2 Å². The lowest BCUT2D eigenvalue weighted by Gasteiger charge is -2.10. The minimum absolute atomic E-state index is 0.101. The van der Waals surface area contributed by atoms with Crippen LogP contribution in [0.2, 0.25) is 5.02 Å². The van der Waals surface area contributed by atoms with Crippen molar-refractivity contribution in [3.63, 3.8) is 0 Å². The smallest absolute Gasteiger partial charge is 0.277 e. The van der Waals surface area contributed by atoms with Crippen LogP contribution in [0.1, 0.15) is 30.0 Å². The van der Waals surface area contributed by atoms with Gasteiger partial charge in [-0.3, -0.25) is 4.79 Å². The lowest BCUT2D eigenvalue weighted by Crippen LogP contribution is -2.26. The van der Waals surface area contributed by atoms with Crippen molar-refractivity contribution in [3.8, 4) is 5.75 Å². The van der Waals surface area contributed by atoms with Crippen molar-refractivity contribution in [1.82, 2.24) is 5.43 Å². The fraction of sp³-hybridized carbons (Fsp3) is 0.263. The van der Waals surface area contributed by atoms with Gasteiger partial charge in [-0.15, -0.1) is 0 Å². The third kappa shape index (κ3) is 4.83. The highest BCUT2D eigenvalue weighted by Gasteiger charge is 2.07. The molecule has 5 heteroatoms. The van der Waals surface area contributed by atoms with Gasteiger partial charge in [0.25, 0.3) is 5.91 Å². The quantitative estimate of drug-likeness (QED) is 0.628. The van der Waals surface area contributed by atoms with Crippen LogP contribution < -0.4 is 10.2 Å². The van der Waals surface area contributed by atoms with E-state index in [0.29, 0.717) is 10.8 Å². The van der Waals surface area contributed by atoms with Gasteiger partial charge in [0.15, 0.2) is 6.61 Å². The minimum Gasteiger partial charge on any atom is -0.484 e. The molecule has 0 fully saturated rings. The fourth-order valence-electron chi connectivity index (χ4n) is 2.28. The van der Waals surface area contributed by atoms with E-state index in [1.807, 2.05) is 63.2 Å². The Balaban J connectivity index is 1.95. The molecule has 0 bridgehead atoms. The monoisotopic (exact) mass is 344 g/mol. The average Bonchev–Trinajstić information content (AvgIpc) is 2.59. The second-order valence-electron chi connectivity index (χ2n) is 5.47. The molecule has 126 valence electrons. The highest BCUT2D eigenvalue weighted by atomic mass is 35.5. The van der Waals surface area contributed by atoms with Crippen molar-refractivity contribution in [2.45, 2.75) is 27.2 Å². The number of hydrogen-bond acceptors (Lipinski definition) is 3. The lowest BCUT2D eigenvalue weighted by atomic mass is 10.1. The molecule has 4 nitrogen and oxygen atoms in total. The SMILES string of the molecule is CCC(=NNC(=O)COc1cc(C)c(Cl)c(C)c1)c1ccccc1. The van der Waals surface area contributed by atoms with Gasteiger partial charge in [-0.05, 0) is 49.1 Å². The Morgan fingerprint density at radius 3 is 2.38 bits per heavy atom. The highest BCUT2D eigenvalue weighted by Crippen LogP contribution is 2.25. The van der Waals surface area contributed by atoms with Gasteiger partial charge in [0.1, 0.15) is 5.75 Å². The topological polar surface area (TPSA) is 50.7 Å². The van der Waals surface area contributed by atoms with Crippen molar-refractivity contribution in [2.24, 2.45) is 5.10 Å². The van der Waals surface area contributed by atoms with Gasteiger partial charge in [-0.2, -0.15) is 5.10 Å². The molecule has 2 aromatic carbocycles. The van der Waals surface area contributed by atoms with Gasteiger partial charge in [0.2, 0.25) is 0 Å². The van der Waals surface area contributed by atoms with Gasteiger partial charge in [0, 0.05) is 5.02 Å². The van der Waals surface area contributed by atoms with E-state index in [4.69, 9.17) is 16.3 Å². The number of hydrogen-bond donors (Lipinski definition) is 1. The van der Waals surface area contributed by atoms with Crippen molar-refractivity contribution in [1.29, 1.82) is 0 Å². The average molecular weight is 345 g/mol. The Kier molecular flexibility index (Phi) is 6.38. The maximum atomic E-state index is 11.9. The van der Waals surface area contributed by atoms with Crippen LogP contribution in [0.25, 0.3) is 0 Å². The normalized spacial score (nSPS) is 11.2. The number of rotatable bonds is 6. The first kappa shape index (κ1) is 18.0. The molecule has 0 heterocycles. The molecule has 0 saturated heterocycles. The van der Waals surface area contributed by atoms with Crippen LogP contribution in [-0.2, 0) is 4.79 Å². The molecule has 0 radical (unpaired) electrons. The second kappa shape index (κ2) is 8.50. The van der Waals surface area contributed by atoms with Gasteiger partial charge in [0.05, 0.1) is 5.71 Å². The summed E-state index contributed by atoms with van der Waals surface area (Å²) in [7, 11) is 0. The zero-order valence-electron chi connectivity index (χ0n) is 14.1. The summed E-state index contributed by atoms with van der Waals surface area (Å²) < 4.78 is 5.52. The van der Waals surface area contributed by atoms with Crippen LogP contribution in [0.5, 0.6) is 5.75 Å². The molecule has 0 spiro atoms. The number of carbonyl (C=O) groups excluding carboxylic acids is 1. The highest BCUT2D eigenvalue weighted by molar-refractivity contribution is 6.32. The molecule has 0 aliphatic carbocycles. The van der Waals surface area contributed by atoms with E-state index >= 15 is 0 Å². The van der Waals surface area contributed by atoms with Gasteiger partial charge in [-0.1, -0.05) is 48.9 Å². The van der Waals surface area contributed by atoms with E-state index in [1.54, 1.807) is 0 Å². The zero-order valence-corrected chi connectivity index (χ0v) is 14.9. The molecule has 1 N–H and O–H groups in total. The summed E-state index contributed by atoms with van der Waals surface area (Å²) in [6, 6.07) is 13.4. The van der Waals surface area contributed by atoms with E-state index in [2.05, 4.69) is 10.5 Å². The predicted molar refractivity (Wildman–Crippen MR) is 97.8 cm³/mol. The van der Waals surface area contributed by atoms with Crippen LogP contribution in [0.15, 0.2) is 47.6 Å². The Morgan fingerprint density at radius 1 is 1.17 bits per heavy atom. The molecule has 0 aromatic heterocycles. The molecule has 24 heavy (non-hydrogen) atoms. The largest absolute Gasteiger partial charge is 0.484 e. The molecule has 2 aromatic rings. The van der Waals surface area contributed by atoms with Gasteiger partial charge >= 0.3 is 0 Å². The fourth-order valence-corrected chi connectivity index (χ4v) is 2.39. The Hall–Kier alpha value is -2.33. The van der Waals surface area contributed by atoms with E-state index in [9.17, 15) is 4.79 Å². The number of aryl methyl sites for hydroxylation is 2. The van der Waals surface area contributed by atoms with Crippen LogP contribution in [-0.4, -0.2) is 18.2 Å². The first-order chi connectivity index (χ1) is 11.5. The number of benzene rings is 2. The molecule has 0 saturated carbocycles. The maximum Gasteiger partial charge on any atom is 0.277 e. The number of amides is 1. The number of nitrogens with zero attached hydrogens (tertiary/aromatic N) is 1. The standard InChI is InChI=1S/C19H21ClN2O2/c1-4-17(15-8-6-5-7-9-15)21-22-18(23)12-24-16-10-13(2)19(20)14(3)11-16/h5-11H,4,12H2,1-3H3,(H,22,23). The van der Waals surface area contributed by atoms with Gasteiger partial charge in [-0.25, -0.2) is 5.43 Å². The van der Waals surface area contributed by atoms with Crippen LogP contribution in [0.3, 0.4) is 0 Å². The molecule has 0 aliphatic rings. The third-order valence-corrected chi connectivity index (χ3v) is 4.13. The molecular weight excluding hydrogens is 324 g/mol. The summed E-state index contributed by atoms with van der Waals surface area (Å²) in [5.41, 5.74) is 6.19. The lowest BCUT2D eigenvalue weighted by molar-refractivity contribution is -0.123. The predicted octanol–water partition coefficient (Wildman–Crippen LogP) is 4.27. The first-order valence-electron chi connectivity index (χ1n) is 7.81. The zero-order chi connectivity index (χ0) is 17.5. The minimum atomic E-state index is -0.304. The molecule has 2 rings (SSSR count). The van der Waals surface area contributed by atoms with Crippen molar-refractivity contribution < 1.29 is 9.53 Å². The molecular formula is C19H21ClN2O2. The summed E-state index contributed by atoms with van der Waals surface area (Å²) >= 11 is 6.12. The third-order valence-electron chi connectivity index (χ3n) is 3.54. The molecule has 0 aliphatic heterocycles. The Bertz CT molecular complexity index is 719. The summed E-state index contributed by atoms with van der Waals surface area (Å²) in [6.07, 6.45) is 0.723. The van der Waals surface area contributed by atoms with E-state index < -0.39 is 0 Å². The summed E-state index contributed by atoms with van der Waals surface area (Å²) in [5.74, 6) is 0.314. The number of hydrazone groups is 1. The number of nitrogens with one attached hydrogen (secondary N) is 1. The number of ether oxygens (including phenoxy) is 1. The van der Waals surface area contributed by atoms with Crippen molar-refractivity contribution in [3.05, 3.63) is 64.2 Å². The summed E-state index contributed by atoms with van der Waals surface area (Å²) in [5, 5.41) is 4.90. The summed E-state index contributed by atoms with van der Waals surface area (Å²) in [4.78, 5) is 11.9. The van der Waals surface area contributed by atoms with E-state index in [1.165, 1.54) is 0 Å². The van der Waals surface area contributed by atoms with Crippen LogP contribution in [0, 0.1) is 13.8 Å². The van der Waals surface area contributed by atoms with Crippen molar-refractivity contribution in [2.75, 3.05) is 6.61 Å². The van der Waals surface area contributed by atoms with E-state index in [0.717, 1.165) is 28.8 Å². The molecule has 0 unspecified atom stereocenters. The Morgan fingerprint density at radius 2 is 1.79 bits per heavy atom. The summed E-state index contributed by atoms with van der Waals surface area (Å²) in [6.45, 7) is 5.70.